The summed E-state index contributed by atoms with van der Waals surface area (Å²) >= 11 is 1.72. The second-order valence-corrected chi connectivity index (χ2v) is 10.5. The Hall–Kier alpha value is -2.38. The Kier molecular flexibility index (Phi) is 6.43. The molecule has 3 aromatic rings. The number of para-hydroxylation sites is 2. The van der Waals surface area contributed by atoms with Crippen LogP contribution >= 0.6 is 11.3 Å². The van der Waals surface area contributed by atoms with Gasteiger partial charge in [-0.1, -0.05) is 19.1 Å². The SMILES string of the molecule is CCOc1ccccc1OC1CCN(C(C)c2nc3sc4c(c3c(=O)[nH]2)CCC(C)C4)CC1. The Morgan fingerprint density at radius 2 is 1.97 bits per heavy atom. The van der Waals surface area contributed by atoms with Crippen LogP contribution in [0.2, 0.25) is 0 Å². The topological polar surface area (TPSA) is 67.5 Å². The molecule has 1 aromatic carbocycles. The van der Waals surface area contributed by atoms with Crippen molar-refractivity contribution < 1.29 is 9.47 Å². The van der Waals surface area contributed by atoms with E-state index in [2.05, 4.69) is 23.7 Å². The number of piperidine rings is 1. The molecule has 2 unspecified atom stereocenters. The third-order valence-electron chi connectivity index (χ3n) is 7.05. The summed E-state index contributed by atoms with van der Waals surface area (Å²) in [6, 6.07) is 7.95. The summed E-state index contributed by atoms with van der Waals surface area (Å²) < 4.78 is 12.0. The van der Waals surface area contributed by atoms with Gasteiger partial charge in [-0.15, -0.1) is 11.3 Å². The minimum atomic E-state index is 0.0275. The van der Waals surface area contributed by atoms with Gasteiger partial charge >= 0.3 is 0 Å². The van der Waals surface area contributed by atoms with Crippen molar-refractivity contribution in [3.05, 3.63) is 50.9 Å². The highest BCUT2D eigenvalue weighted by Crippen LogP contribution is 2.36. The Balaban J connectivity index is 1.27. The first-order valence-electron chi connectivity index (χ1n) is 12.2. The van der Waals surface area contributed by atoms with Gasteiger partial charge in [-0.2, -0.15) is 0 Å². The number of benzene rings is 1. The fraction of sp³-hybridized carbons (Fsp3) is 0.538. The third kappa shape index (κ3) is 4.53. The van der Waals surface area contributed by atoms with Gasteiger partial charge < -0.3 is 14.5 Å². The van der Waals surface area contributed by atoms with Crippen molar-refractivity contribution in [1.82, 2.24) is 14.9 Å². The van der Waals surface area contributed by atoms with Crippen molar-refractivity contribution >= 4 is 21.6 Å². The Morgan fingerprint density at radius 1 is 1.21 bits per heavy atom. The molecule has 5 rings (SSSR count). The molecule has 1 aliphatic carbocycles. The Labute approximate surface area is 198 Å². The van der Waals surface area contributed by atoms with E-state index in [1.807, 2.05) is 31.2 Å². The van der Waals surface area contributed by atoms with Gasteiger partial charge in [-0.25, -0.2) is 4.98 Å². The minimum Gasteiger partial charge on any atom is -0.490 e. The summed E-state index contributed by atoms with van der Waals surface area (Å²) in [4.78, 5) is 25.7. The molecule has 0 spiro atoms. The fourth-order valence-corrected chi connectivity index (χ4v) is 6.51. The van der Waals surface area contributed by atoms with Gasteiger partial charge in [0.05, 0.1) is 18.0 Å². The summed E-state index contributed by atoms with van der Waals surface area (Å²) in [5.41, 5.74) is 1.27. The maximum atomic E-state index is 13.0. The van der Waals surface area contributed by atoms with Crippen LogP contribution in [0.15, 0.2) is 29.1 Å². The molecule has 1 fully saturated rings. The number of aromatic amines is 1. The number of nitrogens with one attached hydrogen (secondary N) is 1. The van der Waals surface area contributed by atoms with Gasteiger partial charge in [0.2, 0.25) is 0 Å². The summed E-state index contributed by atoms with van der Waals surface area (Å²) in [6.45, 7) is 8.86. The van der Waals surface area contributed by atoms with Crippen LogP contribution in [0.1, 0.15) is 62.3 Å². The van der Waals surface area contributed by atoms with Crippen molar-refractivity contribution in [2.75, 3.05) is 19.7 Å². The zero-order chi connectivity index (χ0) is 22.9. The number of nitrogens with zero attached hydrogens (tertiary/aromatic N) is 2. The van der Waals surface area contributed by atoms with Crippen molar-refractivity contribution in [2.24, 2.45) is 5.92 Å². The first-order valence-corrected chi connectivity index (χ1v) is 13.0. The monoisotopic (exact) mass is 467 g/mol. The lowest BCUT2D eigenvalue weighted by molar-refractivity contribution is 0.0752. The number of ether oxygens (including phenoxy) is 2. The van der Waals surface area contributed by atoms with Crippen molar-refractivity contribution in [3.63, 3.8) is 0 Å². The highest BCUT2D eigenvalue weighted by Gasteiger charge is 2.28. The predicted octanol–water partition coefficient (Wildman–Crippen LogP) is 5.11. The fourth-order valence-electron chi connectivity index (χ4n) is 5.12. The summed E-state index contributed by atoms with van der Waals surface area (Å²) in [5.74, 6) is 3.09. The first kappa shape index (κ1) is 22.4. The Morgan fingerprint density at radius 3 is 2.73 bits per heavy atom. The molecule has 33 heavy (non-hydrogen) atoms. The number of H-pyrrole nitrogens is 1. The number of rotatable bonds is 6. The number of aromatic nitrogens is 2. The maximum absolute atomic E-state index is 13.0. The van der Waals surface area contributed by atoms with E-state index in [1.54, 1.807) is 11.3 Å². The zero-order valence-electron chi connectivity index (χ0n) is 19.7. The molecule has 7 heteroatoms. The number of hydrogen-bond donors (Lipinski definition) is 1. The molecular formula is C26H33N3O3S. The van der Waals surface area contributed by atoms with E-state index < -0.39 is 0 Å². The minimum absolute atomic E-state index is 0.0275. The molecule has 1 N–H and O–H groups in total. The predicted molar refractivity (Wildman–Crippen MR) is 133 cm³/mol. The zero-order valence-corrected chi connectivity index (χ0v) is 20.5. The molecule has 176 valence electrons. The molecule has 1 aliphatic heterocycles. The molecule has 0 bridgehead atoms. The molecule has 1 saturated heterocycles. The molecule has 2 atom stereocenters. The van der Waals surface area contributed by atoms with Crippen molar-refractivity contribution in [1.29, 1.82) is 0 Å². The number of likely N-dealkylation sites (tertiary alicyclic amines) is 1. The lowest BCUT2D eigenvalue weighted by Crippen LogP contribution is -2.40. The molecule has 0 radical (unpaired) electrons. The number of fused-ring (bicyclic) bond motifs is 3. The average molecular weight is 468 g/mol. The van der Waals surface area contributed by atoms with Crippen LogP contribution < -0.4 is 15.0 Å². The standard InChI is InChI=1S/C26H33N3O3S/c1-4-31-20-7-5-6-8-21(20)32-18-11-13-29(14-12-18)17(3)24-27-25(30)23-19-10-9-16(2)15-22(19)33-26(23)28-24/h5-8,16-18H,4,9-15H2,1-3H3,(H,27,28,30). The van der Waals surface area contributed by atoms with E-state index in [1.165, 1.54) is 10.4 Å². The molecule has 2 aromatic heterocycles. The molecule has 2 aliphatic rings. The van der Waals surface area contributed by atoms with E-state index in [0.717, 1.165) is 72.7 Å². The third-order valence-corrected chi connectivity index (χ3v) is 8.19. The molecule has 0 saturated carbocycles. The van der Waals surface area contributed by atoms with Crippen LogP contribution in [0, 0.1) is 5.92 Å². The maximum Gasteiger partial charge on any atom is 0.259 e. The van der Waals surface area contributed by atoms with E-state index >= 15 is 0 Å². The number of hydrogen-bond acceptors (Lipinski definition) is 6. The second kappa shape index (κ2) is 9.47. The van der Waals surface area contributed by atoms with E-state index in [-0.39, 0.29) is 17.7 Å². The van der Waals surface area contributed by atoms with E-state index in [0.29, 0.717) is 12.5 Å². The largest absolute Gasteiger partial charge is 0.490 e. The van der Waals surface area contributed by atoms with Gasteiger partial charge in [0.15, 0.2) is 11.5 Å². The molecule has 3 heterocycles. The summed E-state index contributed by atoms with van der Waals surface area (Å²) in [7, 11) is 0. The summed E-state index contributed by atoms with van der Waals surface area (Å²) in [6.07, 6.45) is 5.25. The van der Waals surface area contributed by atoms with Gasteiger partial charge in [-0.05, 0) is 69.6 Å². The second-order valence-electron chi connectivity index (χ2n) is 9.39. The van der Waals surface area contributed by atoms with E-state index in [9.17, 15) is 4.79 Å². The van der Waals surface area contributed by atoms with Gasteiger partial charge in [0.25, 0.3) is 5.56 Å². The van der Waals surface area contributed by atoms with Gasteiger partial charge in [0, 0.05) is 18.0 Å². The van der Waals surface area contributed by atoms with Crippen molar-refractivity contribution in [3.8, 4) is 11.5 Å². The van der Waals surface area contributed by atoms with Crippen LogP contribution in [-0.4, -0.2) is 40.7 Å². The number of thiophene rings is 1. The van der Waals surface area contributed by atoms with Crippen LogP contribution in [0.5, 0.6) is 11.5 Å². The molecule has 6 nitrogen and oxygen atoms in total. The van der Waals surface area contributed by atoms with E-state index in [4.69, 9.17) is 14.5 Å². The normalized spacial score (nSPS) is 20.5. The van der Waals surface area contributed by atoms with Crippen LogP contribution in [0.4, 0.5) is 0 Å². The van der Waals surface area contributed by atoms with Crippen LogP contribution in [-0.2, 0) is 12.8 Å². The lowest BCUT2D eigenvalue weighted by atomic mass is 9.89. The van der Waals surface area contributed by atoms with Crippen molar-refractivity contribution in [2.45, 2.75) is 65.0 Å². The summed E-state index contributed by atoms with van der Waals surface area (Å²) in [5, 5.41) is 0.831. The highest BCUT2D eigenvalue weighted by molar-refractivity contribution is 7.18. The van der Waals surface area contributed by atoms with Gasteiger partial charge in [0.1, 0.15) is 16.8 Å². The smallest absolute Gasteiger partial charge is 0.259 e. The van der Waals surface area contributed by atoms with Crippen LogP contribution in [0.3, 0.4) is 0 Å². The highest BCUT2D eigenvalue weighted by atomic mass is 32.1. The molecule has 0 amide bonds. The number of aryl methyl sites for hydroxylation is 1. The van der Waals surface area contributed by atoms with Gasteiger partial charge in [-0.3, -0.25) is 9.69 Å². The first-order chi connectivity index (χ1) is 16.0. The quantitative estimate of drug-likeness (QED) is 0.545. The molecular weight excluding hydrogens is 434 g/mol. The van der Waals surface area contributed by atoms with Crippen LogP contribution in [0.25, 0.3) is 10.2 Å². The Bertz CT molecular complexity index is 1180. The lowest BCUT2D eigenvalue weighted by Gasteiger charge is -2.35. The average Bonchev–Trinajstić information content (AvgIpc) is 3.18.